The number of halogens is 1. The summed E-state index contributed by atoms with van der Waals surface area (Å²) in [4.78, 5) is 4.55. The third-order valence-electron chi connectivity index (χ3n) is 2.22. The molecule has 76 valence electrons. The van der Waals surface area contributed by atoms with Gasteiger partial charge >= 0.3 is 0 Å². The zero-order valence-electron chi connectivity index (χ0n) is 8.00. The van der Waals surface area contributed by atoms with E-state index in [0.717, 1.165) is 26.5 Å². The van der Waals surface area contributed by atoms with Gasteiger partial charge in [-0.1, -0.05) is 25.4 Å². The van der Waals surface area contributed by atoms with Crippen LogP contribution in [0.4, 0.5) is 5.69 Å². The first-order valence-electron chi connectivity index (χ1n) is 4.51. The van der Waals surface area contributed by atoms with Gasteiger partial charge in [0.25, 0.3) is 0 Å². The van der Waals surface area contributed by atoms with Gasteiger partial charge in [-0.25, -0.2) is 4.99 Å². The molecule has 0 saturated carbocycles. The smallest absolute Gasteiger partial charge is 0.115 e. The summed E-state index contributed by atoms with van der Waals surface area (Å²) in [5.74, 6) is 1.54. The van der Waals surface area contributed by atoms with Gasteiger partial charge in [0.05, 0.1) is 10.0 Å². The van der Waals surface area contributed by atoms with Crippen molar-refractivity contribution in [2.24, 2.45) is 10.9 Å². The van der Waals surface area contributed by atoms with Gasteiger partial charge in [-0.2, -0.15) is 0 Å². The van der Waals surface area contributed by atoms with Gasteiger partial charge in [-0.3, -0.25) is 0 Å². The van der Waals surface area contributed by atoms with Crippen molar-refractivity contribution < 1.29 is 0 Å². The first-order valence-corrected chi connectivity index (χ1v) is 6.52. The summed E-state index contributed by atoms with van der Waals surface area (Å²) < 4.78 is 5.22. The molecule has 0 saturated heterocycles. The lowest BCUT2D eigenvalue weighted by atomic mass is 10.1. The molecule has 1 unspecified atom stereocenters. The summed E-state index contributed by atoms with van der Waals surface area (Å²) >= 11 is 9.11. The van der Waals surface area contributed by atoms with Crippen LogP contribution in [0.25, 0.3) is 0 Å². The topological polar surface area (TPSA) is 24.4 Å². The lowest BCUT2D eigenvalue weighted by Crippen LogP contribution is -2.24. The molecular weight excluding hydrogens is 236 g/mol. The standard InChI is InChI=1S/C9H11ClN2S2/c1-3-5(2)8-11-6-4-7(10)13-9(6)14-12-8/h4-5H,3H2,1-2H3,(H,11,12). The van der Waals surface area contributed by atoms with Gasteiger partial charge < -0.3 is 4.72 Å². The molecule has 1 aromatic heterocycles. The van der Waals surface area contributed by atoms with Crippen LogP contribution in [0.5, 0.6) is 0 Å². The second-order valence-corrected chi connectivity index (χ2v) is 5.99. The van der Waals surface area contributed by atoms with E-state index in [1.54, 1.807) is 23.3 Å². The molecule has 0 aromatic carbocycles. The second-order valence-electron chi connectivity index (χ2n) is 3.23. The number of nitrogens with one attached hydrogen (secondary N) is 1. The maximum Gasteiger partial charge on any atom is 0.115 e. The molecule has 2 rings (SSSR count). The minimum atomic E-state index is 0.481. The molecule has 1 atom stereocenters. The molecule has 0 radical (unpaired) electrons. The molecule has 1 aromatic rings. The molecule has 1 N–H and O–H groups in total. The zero-order valence-corrected chi connectivity index (χ0v) is 10.4. The number of amidine groups is 1. The zero-order chi connectivity index (χ0) is 10.1. The van der Waals surface area contributed by atoms with Gasteiger partial charge in [0, 0.05) is 5.92 Å². The van der Waals surface area contributed by atoms with Crippen LogP contribution in [0, 0.1) is 5.92 Å². The maximum atomic E-state index is 5.92. The van der Waals surface area contributed by atoms with Gasteiger partial charge in [0.15, 0.2) is 0 Å². The number of nitrogens with zero attached hydrogens (tertiary/aromatic N) is 1. The van der Waals surface area contributed by atoms with E-state index in [4.69, 9.17) is 11.6 Å². The molecule has 14 heavy (non-hydrogen) atoms. The number of rotatable bonds is 2. The quantitative estimate of drug-likeness (QED) is 0.795. The first-order chi connectivity index (χ1) is 6.70. The molecule has 0 aliphatic carbocycles. The van der Waals surface area contributed by atoms with E-state index in [0.29, 0.717) is 5.92 Å². The molecule has 2 heterocycles. The van der Waals surface area contributed by atoms with Crippen LogP contribution in [0.1, 0.15) is 20.3 Å². The van der Waals surface area contributed by atoms with Crippen LogP contribution in [0.3, 0.4) is 0 Å². The van der Waals surface area contributed by atoms with Gasteiger partial charge in [0.1, 0.15) is 10.0 Å². The van der Waals surface area contributed by atoms with Crippen molar-refractivity contribution >= 4 is 46.4 Å². The van der Waals surface area contributed by atoms with Crippen molar-refractivity contribution in [2.45, 2.75) is 24.5 Å². The van der Waals surface area contributed by atoms with Gasteiger partial charge in [0.2, 0.25) is 0 Å². The molecular formula is C9H11ClN2S2. The SMILES string of the molecule is CCC(C)C1=Nc2cc(Cl)sc2SN1. The lowest BCUT2D eigenvalue weighted by Gasteiger charge is -2.17. The Morgan fingerprint density at radius 3 is 3.14 bits per heavy atom. The Balaban J connectivity index is 2.30. The normalized spacial score (nSPS) is 16.9. The summed E-state index contributed by atoms with van der Waals surface area (Å²) in [6.45, 7) is 4.33. The minimum Gasteiger partial charge on any atom is -0.313 e. The third kappa shape index (κ3) is 1.92. The Kier molecular flexibility index (Phi) is 3.04. The van der Waals surface area contributed by atoms with Crippen LogP contribution < -0.4 is 4.72 Å². The number of hydrogen-bond acceptors (Lipinski definition) is 4. The predicted octanol–water partition coefficient (Wildman–Crippen LogP) is 4.09. The number of aliphatic imine (C=N–C) groups is 1. The monoisotopic (exact) mass is 246 g/mol. The first kappa shape index (κ1) is 10.3. The van der Waals surface area contributed by atoms with E-state index in [1.807, 2.05) is 6.07 Å². The molecule has 0 spiro atoms. The molecule has 0 fully saturated rings. The predicted molar refractivity (Wildman–Crippen MR) is 64.9 cm³/mol. The third-order valence-corrected chi connectivity index (χ3v) is 4.47. The molecule has 1 aliphatic heterocycles. The van der Waals surface area contributed by atoms with Crippen LogP contribution in [-0.2, 0) is 0 Å². The van der Waals surface area contributed by atoms with Crippen LogP contribution in [-0.4, -0.2) is 5.84 Å². The molecule has 5 heteroatoms. The molecule has 1 aliphatic rings. The van der Waals surface area contributed by atoms with Crippen LogP contribution >= 0.6 is 34.9 Å². The summed E-state index contributed by atoms with van der Waals surface area (Å²) in [6.07, 6.45) is 1.10. The second kappa shape index (κ2) is 4.13. The van der Waals surface area contributed by atoms with Crippen molar-refractivity contribution in [2.75, 3.05) is 0 Å². The Morgan fingerprint density at radius 1 is 1.64 bits per heavy atom. The van der Waals surface area contributed by atoms with Crippen LogP contribution in [0.2, 0.25) is 4.34 Å². The van der Waals surface area contributed by atoms with E-state index in [2.05, 4.69) is 23.6 Å². The van der Waals surface area contributed by atoms with Crippen molar-refractivity contribution in [1.29, 1.82) is 0 Å². The summed E-state index contributed by atoms with van der Waals surface area (Å²) in [7, 11) is 0. The summed E-state index contributed by atoms with van der Waals surface area (Å²) in [5, 5.41) is 0. The number of fused-ring (bicyclic) bond motifs is 1. The van der Waals surface area contributed by atoms with E-state index in [9.17, 15) is 0 Å². The van der Waals surface area contributed by atoms with Crippen LogP contribution in [0.15, 0.2) is 15.3 Å². The number of hydrogen-bond donors (Lipinski definition) is 1. The van der Waals surface area contributed by atoms with E-state index in [1.165, 1.54) is 0 Å². The Hall–Kier alpha value is -0.190. The Bertz CT molecular complexity index is 373. The van der Waals surface area contributed by atoms with E-state index in [-0.39, 0.29) is 0 Å². The average Bonchev–Trinajstić information content (AvgIpc) is 2.55. The van der Waals surface area contributed by atoms with E-state index < -0.39 is 0 Å². The summed E-state index contributed by atoms with van der Waals surface area (Å²) in [5.41, 5.74) is 1.01. The Labute approximate surface area is 96.9 Å². The van der Waals surface area contributed by atoms with Crippen molar-refractivity contribution in [1.82, 2.24) is 4.72 Å². The van der Waals surface area contributed by atoms with Crippen molar-refractivity contribution in [3.8, 4) is 0 Å². The molecule has 2 nitrogen and oxygen atoms in total. The lowest BCUT2D eigenvalue weighted by molar-refractivity contribution is 0.726. The minimum absolute atomic E-state index is 0.481. The average molecular weight is 247 g/mol. The highest BCUT2D eigenvalue weighted by Gasteiger charge is 2.18. The van der Waals surface area contributed by atoms with Gasteiger partial charge in [-0.15, -0.1) is 11.3 Å². The Morgan fingerprint density at radius 2 is 2.43 bits per heavy atom. The fourth-order valence-corrected chi connectivity index (χ4v) is 3.39. The highest BCUT2D eigenvalue weighted by Crippen LogP contribution is 2.41. The highest BCUT2D eigenvalue weighted by molar-refractivity contribution is 8.00. The molecule has 0 amide bonds. The van der Waals surface area contributed by atoms with Crippen molar-refractivity contribution in [3.63, 3.8) is 0 Å². The maximum absolute atomic E-state index is 5.92. The van der Waals surface area contributed by atoms with Crippen molar-refractivity contribution in [3.05, 3.63) is 10.4 Å². The fraction of sp³-hybridized carbons (Fsp3) is 0.444. The number of thiophene rings is 1. The highest BCUT2D eigenvalue weighted by atomic mass is 35.5. The fourth-order valence-electron chi connectivity index (χ4n) is 1.14. The molecule has 0 bridgehead atoms. The van der Waals surface area contributed by atoms with E-state index >= 15 is 0 Å². The summed E-state index contributed by atoms with van der Waals surface area (Å²) in [6, 6.07) is 1.93. The largest absolute Gasteiger partial charge is 0.313 e. The van der Waals surface area contributed by atoms with Gasteiger partial charge in [-0.05, 0) is 24.4 Å².